The number of halogens is 1. The molecule has 0 unspecified atom stereocenters. The van der Waals surface area contributed by atoms with Crippen LogP contribution in [-0.2, 0) is 0 Å². The molecule has 0 aliphatic carbocycles. The predicted molar refractivity (Wildman–Crippen MR) is 108 cm³/mol. The zero-order valence-corrected chi connectivity index (χ0v) is 15.5. The van der Waals surface area contributed by atoms with E-state index in [0.717, 1.165) is 27.7 Å². The summed E-state index contributed by atoms with van der Waals surface area (Å²) in [6.07, 6.45) is 2.08. The first kappa shape index (κ1) is 16.7. The van der Waals surface area contributed by atoms with Crippen LogP contribution in [0.15, 0.2) is 72.9 Å². The van der Waals surface area contributed by atoms with E-state index in [4.69, 9.17) is 16.6 Å². The van der Waals surface area contributed by atoms with Crippen molar-refractivity contribution in [2.45, 2.75) is 19.9 Å². The Morgan fingerprint density at radius 1 is 0.923 bits per heavy atom. The van der Waals surface area contributed by atoms with Crippen LogP contribution in [0.5, 0.6) is 0 Å². The van der Waals surface area contributed by atoms with E-state index in [1.54, 1.807) is 0 Å². The third kappa shape index (κ3) is 3.06. The number of imidazole rings is 1. The third-order valence-corrected chi connectivity index (χ3v) is 4.88. The molecule has 0 aliphatic heterocycles. The maximum absolute atomic E-state index is 6.04. The monoisotopic (exact) mass is 361 g/mol. The summed E-state index contributed by atoms with van der Waals surface area (Å²) >= 11 is 6.04. The third-order valence-electron chi connectivity index (χ3n) is 4.63. The highest BCUT2D eigenvalue weighted by molar-refractivity contribution is 6.30. The molecule has 0 fully saturated rings. The van der Waals surface area contributed by atoms with Crippen LogP contribution in [0, 0.1) is 13.8 Å². The lowest BCUT2D eigenvalue weighted by Crippen LogP contribution is -2.15. The van der Waals surface area contributed by atoms with Gasteiger partial charge in [0.15, 0.2) is 0 Å². The van der Waals surface area contributed by atoms with Crippen LogP contribution in [0.4, 0.5) is 5.69 Å². The van der Waals surface area contributed by atoms with Crippen molar-refractivity contribution in [1.82, 2.24) is 9.38 Å². The van der Waals surface area contributed by atoms with E-state index >= 15 is 0 Å². The Kier molecular flexibility index (Phi) is 4.39. The maximum atomic E-state index is 6.04. The molecule has 0 spiro atoms. The van der Waals surface area contributed by atoms with Crippen LogP contribution in [0.2, 0.25) is 5.02 Å². The molecule has 4 heteroatoms. The maximum Gasteiger partial charge on any atom is 0.140 e. The number of nitrogens with one attached hydrogen (secondary N) is 1. The van der Waals surface area contributed by atoms with Gasteiger partial charge in [-0.15, -0.1) is 0 Å². The molecule has 0 saturated carbocycles. The number of pyridine rings is 1. The molecule has 2 heterocycles. The van der Waals surface area contributed by atoms with Crippen molar-refractivity contribution in [3.8, 4) is 0 Å². The van der Waals surface area contributed by atoms with E-state index in [1.807, 2.05) is 30.3 Å². The van der Waals surface area contributed by atoms with Crippen LogP contribution in [0.25, 0.3) is 5.65 Å². The van der Waals surface area contributed by atoms with Gasteiger partial charge in [-0.2, -0.15) is 0 Å². The van der Waals surface area contributed by atoms with Gasteiger partial charge in [0.1, 0.15) is 5.65 Å². The average Bonchev–Trinajstić information content (AvgIpc) is 2.99. The first-order valence-corrected chi connectivity index (χ1v) is 9.02. The molecule has 0 aliphatic rings. The summed E-state index contributed by atoms with van der Waals surface area (Å²) in [5.41, 5.74) is 6.54. The molecule has 2 aromatic carbocycles. The highest BCUT2D eigenvalue weighted by Crippen LogP contribution is 2.30. The fourth-order valence-corrected chi connectivity index (χ4v) is 3.48. The summed E-state index contributed by atoms with van der Waals surface area (Å²) in [4.78, 5) is 4.82. The van der Waals surface area contributed by atoms with Crippen LogP contribution < -0.4 is 5.32 Å². The Labute approximate surface area is 158 Å². The van der Waals surface area contributed by atoms with Crippen molar-refractivity contribution >= 4 is 22.9 Å². The number of aromatic nitrogens is 2. The lowest BCUT2D eigenvalue weighted by molar-refractivity contribution is 0.856. The summed E-state index contributed by atoms with van der Waals surface area (Å²) < 4.78 is 2.19. The van der Waals surface area contributed by atoms with Gasteiger partial charge in [-0.1, -0.05) is 48.0 Å². The van der Waals surface area contributed by atoms with Crippen molar-refractivity contribution in [3.05, 3.63) is 100 Å². The molecule has 4 rings (SSSR count). The quantitative estimate of drug-likeness (QED) is 0.497. The van der Waals surface area contributed by atoms with E-state index in [2.05, 4.69) is 66.2 Å². The molecule has 26 heavy (non-hydrogen) atoms. The molecule has 0 amide bonds. The second kappa shape index (κ2) is 6.85. The molecular weight excluding hydrogens is 342 g/mol. The molecule has 1 N–H and O–H groups in total. The Morgan fingerprint density at radius 2 is 1.65 bits per heavy atom. The minimum Gasteiger partial charge on any atom is -0.373 e. The van der Waals surface area contributed by atoms with Gasteiger partial charge < -0.3 is 9.72 Å². The van der Waals surface area contributed by atoms with Gasteiger partial charge in [-0.3, -0.25) is 0 Å². The van der Waals surface area contributed by atoms with E-state index in [0.29, 0.717) is 0 Å². The van der Waals surface area contributed by atoms with E-state index in [9.17, 15) is 0 Å². The number of fused-ring (bicyclic) bond motifs is 1. The summed E-state index contributed by atoms with van der Waals surface area (Å²) in [6.45, 7) is 4.16. The molecule has 4 aromatic rings. The Hall–Kier alpha value is -2.78. The van der Waals surface area contributed by atoms with E-state index in [1.165, 1.54) is 11.1 Å². The fraction of sp³-hybridized carbons (Fsp3) is 0.136. The molecule has 0 radical (unpaired) electrons. The normalized spacial score (nSPS) is 12.3. The number of anilines is 1. The lowest BCUT2D eigenvalue weighted by Gasteiger charge is -2.21. The number of hydrogen-bond donors (Lipinski definition) is 1. The lowest BCUT2D eigenvalue weighted by atomic mass is 10.0. The predicted octanol–water partition coefficient (Wildman–Crippen LogP) is 5.81. The van der Waals surface area contributed by atoms with Crippen molar-refractivity contribution in [1.29, 1.82) is 0 Å². The summed E-state index contributed by atoms with van der Waals surface area (Å²) in [6, 6.07) is 22.4. The summed E-state index contributed by atoms with van der Waals surface area (Å²) in [5.74, 6) is 0. The summed E-state index contributed by atoms with van der Waals surface area (Å²) in [5, 5.41) is 4.39. The highest BCUT2D eigenvalue weighted by Gasteiger charge is 2.22. The fourth-order valence-electron chi connectivity index (χ4n) is 3.35. The summed E-state index contributed by atoms with van der Waals surface area (Å²) in [7, 11) is 0. The number of hydrogen-bond acceptors (Lipinski definition) is 2. The number of nitrogens with zero attached hydrogens (tertiary/aromatic N) is 2. The molecule has 0 saturated heterocycles. The molecule has 2 aromatic heterocycles. The molecule has 0 bridgehead atoms. The Bertz CT molecular complexity index is 1040. The molecular formula is C22H20ClN3. The van der Waals surface area contributed by atoms with Crippen molar-refractivity contribution in [3.63, 3.8) is 0 Å². The van der Waals surface area contributed by atoms with Crippen molar-refractivity contribution in [2.24, 2.45) is 0 Å². The smallest absolute Gasteiger partial charge is 0.140 e. The minimum atomic E-state index is -0.0193. The molecule has 130 valence electrons. The Morgan fingerprint density at radius 3 is 2.38 bits per heavy atom. The van der Waals surface area contributed by atoms with Crippen molar-refractivity contribution in [2.75, 3.05) is 5.32 Å². The first-order valence-electron chi connectivity index (χ1n) is 8.65. The topological polar surface area (TPSA) is 29.3 Å². The van der Waals surface area contributed by atoms with E-state index in [-0.39, 0.29) is 6.04 Å². The van der Waals surface area contributed by atoms with Gasteiger partial charge in [0.05, 0.1) is 17.4 Å². The number of benzene rings is 2. The van der Waals surface area contributed by atoms with Gasteiger partial charge >= 0.3 is 0 Å². The number of aryl methyl sites for hydroxylation is 2. The van der Waals surface area contributed by atoms with Gasteiger partial charge in [0, 0.05) is 16.9 Å². The van der Waals surface area contributed by atoms with E-state index < -0.39 is 0 Å². The van der Waals surface area contributed by atoms with Gasteiger partial charge in [0.25, 0.3) is 0 Å². The standard InChI is InChI=1S/C22H20ClN3/c1-15-7-6-14-26-21(16(2)24-22(15)26)20(17-8-4-3-5-9-17)25-19-12-10-18(23)11-13-19/h3-14,20,25H,1-2H3/t20-/m1/s1. The SMILES string of the molecule is Cc1nc2c(C)cccn2c1[C@H](Nc1ccc(Cl)cc1)c1ccccc1. The zero-order chi connectivity index (χ0) is 18.1. The largest absolute Gasteiger partial charge is 0.373 e. The van der Waals surface area contributed by atoms with Gasteiger partial charge in [-0.25, -0.2) is 4.98 Å². The second-order valence-corrected chi connectivity index (χ2v) is 6.90. The Balaban J connectivity index is 1.87. The molecule has 1 atom stereocenters. The zero-order valence-electron chi connectivity index (χ0n) is 14.8. The minimum absolute atomic E-state index is 0.0193. The van der Waals surface area contributed by atoms with Crippen molar-refractivity contribution < 1.29 is 0 Å². The second-order valence-electron chi connectivity index (χ2n) is 6.46. The first-order chi connectivity index (χ1) is 12.6. The van der Waals surface area contributed by atoms with Crippen LogP contribution in [0.1, 0.15) is 28.6 Å². The van der Waals surface area contributed by atoms with Crippen LogP contribution in [-0.4, -0.2) is 9.38 Å². The highest BCUT2D eigenvalue weighted by atomic mass is 35.5. The molecule has 3 nitrogen and oxygen atoms in total. The number of rotatable bonds is 4. The van der Waals surface area contributed by atoms with Gasteiger partial charge in [0.2, 0.25) is 0 Å². The van der Waals surface area contributed by atoms with Gasteiger partial charge in [-0.05, 0) is 55.3 Å². The van der Waals surface area contributed by atoms with Crippen LogP contribution >= 0.6 is 11.6 Å². The van der Waals surface area contributed by atoms with Crippen LogP contribution in [0.3, 0.4) is 0 Å². The average molecular weight is 362 g/mol.